The Balaban J connectivity index is 1.62. The highest BCUT2D eigenvalue weighted by atomic mass is 35.5. The molecule has 168 valence electrons. The summed E-state index contributed by atoms with van der Waals surface area (Å²) in [6.45, 7) is 1.28. The summed E-state index contributed by atoms with van der Waals surface area (Å²) in [5.74, 6) is 0.491. The second-order valence-corrected chi connectivity index (χ2v) is 9.41. The molecule has 0 aliphatic carbocycles. The predicted molar refractivity (Wildman–Crippen MR) is 116 cm³/mol. The minimum Gasteiger partial charge on any atom is -0.385 e. The van der Waals surface area contributed by atoms with Crippen molar-refractivity contribution in [2.75, 3.05) is 30.7 Å². The molecule has 2 aromatic heterocycles. The Hall–Kier alpha value is -1.31. The minimum atomic E-state index is -3.51. The maximum absolute atomic E-state index is 10.9. The highest BCUT2D eigenvalue weighted by Gasteiger charge is 2.57. The lowest BCUT2D eigenvalue weighted by molar-refractivity contribution is -0.0597. The molecule has 7 N–H and O–H groups in total. The first kappa shape index (κ1) is 22.9. The van der Waals surface area contributed by atoms with Crippen LogP contribution in [0.4, 0.5) is 11.8 Å². The summed E-state index contributed by atoms with van der Waals surface area (Å²) in [4.78, 5) is 22.6. The first-order valence-corrected chi connectivity index (χ1v) is 12.0. The van der Waals surface area contributed by atoms with Gasteiger partial charge in [0.15, 0.2) is 29.3 Å². The van der Waals surface area contributed by atoms with E-state index in [-0.39, 0.29) is 17.7 Å². The van der Waals surface area contributed by atoms with Gasteiger partial charge in [-0.15, -0.1) is 0 Å². The molecule has 5 atom stereocenters. The number of aliphatic hydroxyl groups is 1. The van der Waals surface area contributed by atoms with Crippen molar-refractivity contribution in [3.63, 3.8) is 0 Å². The largest absolute Gasteiger partial charge is 0.488 e. The summed E-state index contributed by atoms with van der Waals surface area (Å²) < 4.78 is 18.1. The SMILES string of the molecule is [B][P+]1(O)OC[C@H]2O[C@@H](n3c(NCCCCCCN)nc4c(N)nc(Cl)nc43)C(O)[C@@H]2O1. The zero-order chi connectivity index (χ0) is 22.2. The summed E-state index contributed by atoms with van der Waals surface area (Å²) in [5.41, 5.74) is 12.1. The number of aromatic nitrogens is 4. The van der Waals surface area contributed by atoms with Gasteiger partial charge in [-0.2, -0.15) is 19.0 Å². The lowest BCUT2D eigenvalue weighted by Gasteiger charge is -2.27. The van der Waals surface area contributed by atoms with E-state index < -0.39 is 32.4 Å². The first-order chi connectivity index (χ1) is 14.8. The fourth-order valence-electron chi connectivity index (χ4n) is 3.74. The molecule has 0 amide bonds. The maximum Gasteiger partial charge on any atom is 0.488 e. The number of unbranched alkanes of at least 4 members (excludes halogenated alkanes) is 3. The quantitative estimate of drug-likeness (QED) is 0.156. The Morgan fingerprint density at radius 2 is 2.03 bits per heavy atom. The molecule has 0 spiro atoms. The average molecular weight is 473 g/mol. The third kappa shape index (κ3) is 4.74. The Morgan fingerprint density at radius 1 is 1.26 bits per heavy atom. The van der Waals surface area contributed by atoms with Crippen LogP contribution < -0.4 is 16.8 Å². The van der Waals surface area contributed by atoms with Crippen LogP contribution >= 0.6 is 19.4 Å². The van der Waals surface area contributed by atoms with Crippen molar-refractivity contribution < 1.29 is 23.8 Å². The summed E-state index contributed by atoms with van der Waals surface area (Å²) in [5, 5.41) is 14.1. The number of fused-ring (bicyclic) bond motifs is 2. The fraction of sp³-hybridized carbons (Fsp3) is 0.688. The molecule has 12 nitrogen and oxygen atoms in total. The molecular weight excluding hydrogens is 447 g/mol. The Morgan fingerprint density at radius 3 is 2.81 bits per heavy atom. The number of aliphatic hydroxyl groups excluding tert-OH is 1. The van der Waals surface area contributed by atoms with Gasteiger partial charge < -0.3 is 26.6 Å². The number of ether oxygens (including phenoxy) is 1. The van der Waals surface area contributed by atoms with E-state index in [1.54, 1.807) is 4.57 Å². The second-order valence-electron chi connectivity index (χ2n) is 7.47. The number of nitrogens with zero attached hydrogens (tertiary/aromatic N) is 4. The monoisotopic (exact) mass is 472 g/mol. The van der Waals surface area contributed by atoms with Crippen molar-refractivity contribution >= 4 is 49.9 Å². The number of hydrogen-bond donors (Lipinski definition) is 5. The van der Waals surface area contributed by atoms with Gasteiger partial charge in [-0.25, -0.2) is 9.88 Å². The van der Waals surface area contributed by atoms with E-state index >= 15 is 0 Å². The lowest BCUT2D eigenvalue weighted by atomic mass is 10.1. The van der Waals surface area contributed by atoms with Gasteiger partial charge in [-0.3, -0.25) is 4.57 Å². The van der Waals surface area contributed by atoms with E-state index in [0.29, 0.717) is 30.2 Å². The van der Waals surface area contributed by atoms with E-state index in [1.807, 2.05) is 0 Å². The number of hydrogen-bond acceptors (Lipinski definition) is 11. The molecule has 0 bridgehead atoms. The highest BCUT2D eigenvalue weighted by Crippen LogP contribution is 2.58. The van der Waals surface area contributed by atoms with E-state index in [2.05, 4.69) is 20.3 Å². The van der Waals surface area contributed by atoms with Gasteiger partial charge in [0.2, 0.25) is 11.2 Å². The van der Waals surface area contributed by atoms with Gasteiger partial charge in [-0.05, 0) is 31.0 Å². The summed E-state index contributed by atoms with van der Waals surface area (Å²) in [7, 11) is 2.09. The van der Waals surface area contributed by atoms with Gasteiger partial charge in [0, 0.05) is 6.54 Å². The van der Waals surface area contributed by atoms with Crippen LogP contribution in [0.3, 0.4) is 0 Å². The van der Waals surface area contributed by atoms with Gasteiger partial charge in [0.05, 0.1) is 0 Å². The number of nitrogens with one attached hydrogen (secondary N) is 1. The van der Waals surface area contributed by atoms with Crippen molar-refractivity contribution in [2.45, 2.75) is 50.2 Å². The number of rotatable bonds is 8. The molecule has 4 rings (SSSR count). The first-order valence-electron chi connectivity index (χ1n) is 10.0. The smallest absolute Gasteiger partial charge is 0.385 e. The molecule has 2 aliphatic heterocycles. The van der Waals surface area contributed by atoms with Crippen LogP contribution in [0.25, 0.3) is 11.2 Å². The zero-order valence-electron chi connectivity index (χ0n) is 16.7. The molecule has 2 saturated heterocycles. The normalized spacial score (nSPS) is 30.6. The molecule has 2 aliphatic rings. The predicted octanol–water partition coefficient (Wildman–Crippen LogP) is 0.505. The molecule has 15 heteroatoms. The zero-order valence-corrected chi connectivity index (χ0v) is 18.4. The van der Waals surface area contributed by atoms with Crippen molar-refractivity contribution in [3.8, 4) is 0 Å². The van der Waals surface area contributed by atoms with Crippen LogP contribution in [0.5, 0.6) is 0 Å². The van der Waals surface area contributed by atoms with Crippen molar-refractivity contribution in [3.05, 3.63) is 5.28 Å². The van der Waals surface area contributed by atoms with Gasteiger partial charge in [0.25, 0.3) is 0 Å². The number of halogens is 1. The molecule has 2 fully saturated rings. The Kier molecular flexibility index (Phi) is 6.85. The average Bonchev–Trinajstić information content (AvgIpc) is 3.21. The summed E-state index contributed by atoms with van der Waals surface area (Å²) in [6, 6.07) is 0. The second kappa shape index (κ2) is 9.28. The van der Waals surface area contributed by atoms with Crippen molar-refractivity contribution in [1.82, 2.24) is 19.5 Å². The number of imidazole rings is 1. The third-order valence-electron chi connectivity index (χ3n) is 5.21. The Labute approximate surface area is 185 Å². The molecule has 2 unspecified atom stereocenters. The van der Waals surface area contributed by atoms with E-state index in [9.17, 15) is 10.00 Å². The molecular formula is C16H25BClN7O5P+. The molecule has 0 aromatic carbocycles. The highest BCUT2D eigenvalue weighted by molar-refractivity contribution is 7.85. The van der Waals surface area contributed by atoms with Crippen molar-refractivity contribution in [1.29, 1.82) is 0 Å². The van der Waals surface area contributed by atoms with Crippen LogP contribution in [-0.2, 0) is 13.8 Å². The third-order valence-corrected chi connectivity index (χ3v) is 6.45. The van der Waals surface area contributed by atoms with Gasteiger partial charge >= 0.3 is 15.4 Å². The molecule has 31 heavy (non-hydrogen) atoms. The Bertz CT molecular complexity index is 937. The maximum atomic E-state index is 10.9. The molecule has 2 aromatic rings. The van der Waals surface area contributed by atoms with Crippen LogP contribution in [-0.4, -0.2) is 75.1 Å². The fourth-order valence-corrected chi connectivity index (χ4v) is 4.94. The minimum absolute atomic E-state index is 0.0204. The number of nitrogens with two attached hydrogens (primary N) is 2. The van der Waals surface area contributed by atoms with Gasteiger partial charge in [0.1, 0.15) is 18.8 Å². The topological polar surface area (TPSA) is 176 Å². The molecule has 0 saturated carbocycles. The van der Waals surface area contributed by atoms with Crippen LogP contribution in [0.2, 0.25) is 5.28 Å². The van der Waals surface area contributed by atoms with Crippen molar-refractivity contribution in [2.24, 2.45) is 5.73 Å². The van der Waals surface area contributed by atoms with E-state index in [1.165, 1.54) is 0 Å². The van der Waals surface area contributed by atoms with Crippen LogP contribution in [0, 0.1) is 0 Å². The lowest BCUT2D eigenvalue weighted by Crippen LogP contribution is -2.40. The van der Waals surface area contributed by atoms with E-state index in [0.717, 1.165) is 25.7 Å². The van der Waals surface area contributed by atoms with Crippen LogP contribution in [0.15, 0.2) is 0 Å². The number of nitrogen functional groups attached to an aromatic ring is 1. The molecule has 2 radical (unpaired) electrons. The van der Waals surface area contributed by atoms with Crippen LogP contribution in [0.1, 0.15) is 31.9 Å². The standard InChI is InChI=1S/C16H25BClN7O5P/c17-31(27)28-7-8-11(30-31)10(26)14(29-8)25-13-9(12(20)23-15(18)24-13)22-16(25)21-6-4-2-1-3-5-19/h8,10-11,14,26-27H,1-7,19H2,(H,21,22)(H2,20,23,24)/q+1/t8-,10?,11-,14-,31?/m1/s1. The number of anilines is 2. The van der Waals surface area contributed by atoms with Gasteiger partial charge in [-0.1, -0.05) is 12.8 Å². The summed E-state index contributed by atoms with van der Waals surface area (Å²) >= 11 is 6.02. The van der Waals surface area contributed by atoms with E-state index in [4.69, 9.17) is 44.4 Å². The molecule has 4 heterocycles. The summed E-state index contributed by atoms with van der Waals surface area (Å²) in [6.07, 6.45) is 0.276.